The van der Waals surface area contributed by atoms with E-state index in [1.807, 2.05) is 26.8 Å². The van der Waals surface area contributed by atoms with Gasteiger partial charge in [0.25, 0.3) is 0 Å². The highest BCUT2D eigenvalue weighted by atomic mass is 32.2. The standard InChI is InChI=1S/C31H49N3O2S/c1-5-34(24-9-12-27-17-19-29(20-18-27)30-32-21-10-22-33-30)23-8-6-7-11-26-13-15-28(16-14-26)25-37(35,36)31(2,3)4/h10,17-22,26,28H,5-9,11-16,23-25H2,1-4H3. The van der Waals surface area contributed by atoms with Crippen molar-refractivity contribution >= 4 is 9.84 Å². The van der Waals surface area contributed by atoms with E-state index in [0.717, 1.165) is 49.7 Å². The fourth-order valence-electron chi connectivity index (χ4n) is 5.40. The molecule has 37 heavy (non-hydrogen) atoms. The van der Waals surface area contributed by atoms with Crippen LogP contribution in [-0.2, 0) is 16.3 Å². The van der Waals surface area contributed by atoms with Gasteiger partial charge in [0, 0.05) is 18.0 Å². The van der Waals surface area contributed by atoms with Gasteiger partial charge in [0.2, 0.25) is 0 Å². The molecule has 0 spiro atoms. The Labute approximate surface area is 226 Å². The molecular formula is C31H49N3O2S. The summed E-state index contributed by atoms with van der Waals surface area (Å²) in [5.41, 5.74) is 2.45. The van der Waals surface area contributed by atoms with E-state index in [1.165, 1.54) is 57.1 Å². The van der Waals surface area contributed by atoms with Crippen molar-refractivity contribution in [2.45, 2.75) is 96.7 Å². The summed E-state index contributed by atoms with van der Waals surface area (Å²) in [6, 6.07) is 10.5. The third kappa shape index (κ3) is 9.79. The van der Waals surface area contributed by atoms with E-state index < -0.39 is 14.6 Å². The lowest BCUT2D eigenvalue weighted by molar-refractivity contribution is 0.260. The van der Waals surface area contributed by atoms with Gasteiger partial charge in [-0.2, -0.15) is 0 Å². The summed E-state index contributed by atoms with van der Waals surface area (Å²) < 4.78 is 24.4. The van der Waals surface area contributed by atoms with Crippen LogP contribution in [0.3, 0.4) is 0 Å². The first kappa shape index (κ1) is 29.8. The molecule has 1 aromatic heterocycles. The van der Waals surface area contributed by atoms with E-state index in [2.05, 4.69) is 46.1 Å². The number of hydrogen-bond donors (Lipinski definition) is 0. The van der Waals surface area contributed by atoms with Gasteiger partial charge < -0.3 is 4.90 Å². The largest absolute Gasteiger partial charge is 0.304 e. The quantitative estimate of drug-likeness (QED) is 0.248. The van der Waals surface area contributed by atoms with Crippen molar-refractivity contribution in [3.63, 3.8) is 0 Å². The van der Waals surface area contributed by atoms with Crippen LogP contribution in [0, 0.1) is 11.8 Å². The van der Waals surface area contributed by atoms with Crippen molar-refractivity contribution in [3.05, 3.63) is 48.3 Å². The molecule has 0 unspecified atom stereocenters. The highest BCUT2D eigenvalue weighted by molar-refractivity contribution is 7.92. The number of aromatic nitrogens is 2. The second kappa shape index (κ2) is 14.4. The summed E-state index contributed by atoms with van der Waals surface area (Å²) in [5, 5.41) is 0. The van der Waals surface area contributed by atoms with Gasteiger partial charge >= 0.3 is 0 Å². The molecule has 5 nitrogen and oxygen atoms in total. The molecule has 0 atom stereocenters. The number of benzene rings is 1. The van der Waals surface area contributed by atoms with Crippen LogP contribution >= 0.6 is 0 Å². The maximum Gasteiger partial charge on any atom is 0.159 e. The normalized spacial score (nSPS) is 18.8. The summed E-state index contributed by atoms with van der Waals surface area (Å²) in [6.07, 6.45) is 15.7. The van der Waals surface area contributed by atoms with Crippen molar-refractivity contribution in [2.75, 3.05) is 25.4 Å². The molecule has 0 aliphatic heterocycles. The summed E-state index contributed by atoms with van der Waals surface area (Å²) >= 11 is 0. The van der Waals surface area contributed by atoms with E-state index in [0.29, 0.717) is 11.7 Å². The average Bonchev–Trinajstić information content (AvgIpc) is 2.88. The molecule has 6 heteroatoms. The first-order chi connectivity index (χ1) is 17.7. The van der Waals surface area contributed by atoms with E-state index in [9.17, 15) is 8.42 Å². The maximum absolute atomic E-state index is 12.5. The minimum Gasteiger partial charge on any atom is -0.304 e. The number of hydrogen-bond acceptors (Lipinski definition) is 5. The zero-order valence-corrected chi connectivity index (χ0v) is 24.5. The van der Waals surface area contributed by atoms with Gasteiger partial charge in [-0.3, -0.25) is 0 Å². The van der Waals surface area contributed by atoms with Gasteiger partial charge in [-0.15, -0.1) is 0 Å². The predicted molar refractivity (Wildman–Crippen MR) is 155 cm³/mol. The Morgan fingerprint density at radius 3 is 2.11 bits per heavy atom. The first-order valence-corrected chi connectivity index (χ1v) is 16.1. The van der Waals surface area contributed by atoms with Crippen molar-refractivity contribution in [1.82, 2.24) is 14.9 Å². The molecule has 0 radical (unpaired) electrons. The molecule has 1 aliphatic carbocycles. The summed E-state index contributed by atoms with van der Waals surface area (Å²) in [4.78, 5) is 11.2. The minimum absolute atomic E-state index is 0.370. The number of rotatable bonds is 14. The monoisotopic (exact) mass is 527 g/mol. The van der Waals surface area contributed by atoms with Crippen molar-refractivity contribution < 1.29 is 8.42 Å². The van der Waals surface area contributed by atoms with Gasteiger partial charge in [0.1, 0.15) is 0 Å². The Kier molecular flexibility index (Phi) is 11.6. The zero-order valence-electron chi connectivity index (χ0n) is 23.7. The fraction of sp³-hybridized carbons (Fsp3) is 0.677. The smallest absolute Gasteiger partial charge is 0.159 e. The van der Waals surface area contributed by atoms with Gasteiger partial charge in [-0.25, -0.2) is 18.4 Å². The van der Waals surface area contributed by atoms with Gasteiger partial charge in [0.15, 0.2) is 15.7 Å². The predicted octanol–water partition coefficient (Wildman–Crippen LogP) is 6.98. The second-order valence-corrected chi connectivity index (χ2v) is 14.7. The van der Waals surface area contributed by atoms with Crippen LogP contribution in [0.15, 0.2) is 42.7 Å². The van der Waals surface area contributed by atoms with Crippen molar-refractivity contribution in [1.29, 1.82) is 0 Å². The van der Waals surface area contributed by atoms with Gasteiger partial charge in [-0.1, -0.05) is 63.3 Å². The molecule has 3 rings (SSSR count). The topological polar surface area (TPSA) is 63.2 Å². The fourth-order valence-corrected chi connectivity index (χ4v) is 6.85. The molecule has 0 bridgehead atoms. The molecule has 1 aliphatic rings. The number of nitrogens with zero attached hydrogens (tertiary/aromatic N) is 3. The van der Waals surface area contributed by atoms with Crippen LogP contribution in [0.2, 0.25) is 0 Å². The second-order valence-electron chi connectivity index (χ2n) is 11.9. The zero-order chi connectivity index (χ0) is 26.7. The average molecular weight is 528 g/mol. The van der Waals surface area contributed by atoms with Gasteiger partial charge in [-0.05, 0) is 96.0 Å². The number of sulfone groups is 1. The lowest BCUT2D eigenvalue weighted by Crippen LogP contribution is -2.34. The van der Waals surface area contributed by atoms with Crippen molar-refractivity contribution in [3.8, 4) is 11.4 Å². The highest BCUT2D eigenvalue weighted by Gasteiger charge is 2.33. The molecule has 1 heterocycles. The number of unbranched alkanes of at least 4 members (excludes halogenated alkanes) is 2. The van der Waals surface area contributed by atoms with E-state index in [4.69, 9.17) is 0 Å². The highest BCUT2D eigenvalue weighted by Crippen LogP contribution is 2.34. The lowest BCUT2D eigenvalue weighted by atomic mass is 9.80. The van der Waals surface area contributed by atoms with Crippen LogP contribution in [0.25, 0.3) is 11.4 Å². The third-order valence-electron chi connectivity index (χ3n) is 8.11. The van der Waals surface area contributed by atoms with E-state index >= 15 is 0 Å². The van der Waals surface area contributed by atoms with E-state index in [1.54, 1.807) is 12.4 Å². The van der Waals surface area contributed by atoms with Crippen LogP contribution in [-0.4, -0.2) is 53.4 Å². The molecule has 0 saturated heterocycles. The molecule has 206 valence electrons. The van der Waals surface area contributed by atoms with Crippen LogP contribution < -0.4 is 0 Å². The SMILES string of the molecule is CCN(CCCCCC1CCC(CS(=O)(=O)C(C)(C)C)CC1)CCCc1ccc(-c2ncccn2)cc1. The Morgan fingerprint density at radius 1 is 0.865 bits per heavy atom. The Bertz CT molecular complexity index is 1010. The van der Waals surface area contributed by atoms with E-state index in [-0.39, 0.29) is 0 Å². The molecule has 1 fully saturated rings. The Morgan fingerprint density at radius 2 is 1.49 bits per heavy atom. The molecule has 1 aromatic carbocycles. The Hall–Kier alpha value is -1.79. The summed E-state index contributed by atoms with van der Waals surface area (Å²) in [7, 11) is -2.99. The summed E-state index contributed by atoms with van der Waals surface area (Å²) in [6.45, 7) is 11.2. The van der Waals surface area contributed by atoms with Crippen LogP contribution in [0.4, 0.5) is 0 Å². The van der Waals surface area contributed by atoms with Crippen molar-refractivity contribution in [2.24, 2.45) is 11.8 Å². The third-order valence-corrected chi connectivity index (χ3v) is 10.9. The molecule has 2 aromatic rings. The Balaban J connectivity index is 1.25. The number of aryl methyl sites for hydroxylation is 1. The van der Waals surface area contributed by atoms with Gasteiger partial charge in [0.05, 0.1) is 10.5 Å². The minimum atomic E-state index is -2.99. The molecule has 0 N–H and O–H groups in total. The van der Waals surface area contributed by atoms with Crippen LogP contribution in [0.5, 0.6) is 0 Å². The molecular weight excluding hydrogens is 478 g/mol. The maximum atomic E-state index is 12.5. The first-order valence-electron chi connectivity index (χ1n) is 14.5. The molecule has 0 amide bonds. The summed E-state index contributed by atoms with van der Waals surface area (Å²) in [5.74, 6) is 2.33. The van der Waals surface area contributed by atoms with Crippen LogP contribution in [0.1, 0.15) is 91.0 Å². The lowest BCUT2D eigenvalue weighted by Gasteiger charge is -2.30. The molecule has 1 saturated carbocycles.